The first-order valence-electron chi connectivity index (χ1n) is 6.88. The van der Waals surface area contributed by atoms with Crippen molar-refractivity contribution >= 4 is 23.2 Å². The average Bonchev–Trinajstić information content (AvgIpc) is 2.50. The summed E-state index contributed by atoms with van der Waals surface area (Å²) in [4.78, 5) is 12.2. The molecular weight excluding hydrogens is 302 g/mol. The zero-order chi connectivity index (χ0) is 16.1. The van der Waals surface area contributed by atoms with Crippen LogP contribution in [0.1, 0.15) is 12.5 Å². The molecule has 2 rings (SSSR count). The van der Waals surface area contributed by atoms with Crippen molar-refractivity contribution in [3.8, 4) is 11.5 Å². The molecule has 1 amide bonds. The SMILES string of the molecule is COc1ccccc1OC(C)C(=O)Nc1ccc(Cl)cc1C. The average molecular weight is 320 g/mol. The quantitative estimate of drug-likeness (QED) is 0.904. The van der Waals surface area contributed by atoms with Gasteiger partial charge in [0.1, 0.15) is 0 Å². The summed E-state index contributed by atoms with van der Waals surface area (Å²) in [5.41, 5.74) is 1.61. The molecule has 0 saturated heterocycles. The fourth-order valence-corrected chi connectivity index (χ4v) is 2.19. The number of carbonyl (C=O) groups is 1. The van der Waals surface area contributed by atoms with Crippen LogP contribution in [0.3, 0.4) is 0 Å². The predicted molar refractivity (Wildman–Crippen MR) is 87.9 cm³/mol. The molecule has 0 saturated carbocycles. The van der Waals surface area contributed by atoms with Crippen molar-refractivity contribution in [2.45, 2.75) is 20.0 Å². The Morgan fingerprint density at radius 3 is 2.50 bits per heavy atom. The topological polar surface area (TPSA) is 47.6 Å². The number of carbonyl (C=O) groups excluding carboxylic acids is 1. The minimum Gasteiger partial charge on any atom is -0.493 e. The normalized spacial score (nSPS) is 11.6. The van der Waals surface area contributed by atoms with Gasteiger partial charge in [-0.2, -0.15) is 0 Å². The maximum absolute atomic E-state index is 12.2. The number of anilines is 1. The lowest BCUT2D eigenvalue weighted by molar-refractivity contribution is -0.122. The Kier molecular flexibility index (Phi) is 5.28. The van der Waals surface area contributed by atoms with Crippen molar-refractivity contribution in [1.29, 1.82) is 0 Å². The second-order valence-electron chi connectivity index (χ2n) is 4.86. The van der Waals surface area contributed by atoms with Crippen LogP contribution in [-0.2, 0) is 4.79 Å². The van der Waals surface area contributed by atoms with Crippen LogP contribution in [0.25, 0.3) is 0 Å². The Morgan fingerprint density at radius 2 is 1.86 bits per heavy atom. The van der Waals surface area contributed by atoms with Gasteiger partial charge < -0.3 is 14.8 Å². The Balaban J connectivity index is 2.06. The Hall–Kier alpha value is -2.20. The lowest BCUT2D eigenvalue weighted by Crippen LogP contribution is -2.30. The molecule has 0 spiro atoms. The van der Waals surface area contributed by atoms with Crippen LogP contribution in [-0.4, -0.2) is 19.1 Å². The largest absolute Gasteiger partial charge is 0.493 e. The van der Waals surface area contributed by atoms with Gasteiger partial charge >= 0.3 is 0 Å². The molecule has 0 bridgehead atoms. The van der Waals surface area contributed by atoms with Gasteiger partial charge in [0.25, 0.3) is 5.91 Å². The molecule has 5 heteroatoms. The molecule has 1 unspecified atom stereocenters. The molecule has 2 aromatic rings. The van der Waals surface area contributed by atoms with E-state index in [9.17, 15) is 4.79 Å². The zero-order valence-electron chi connectivity index (χ0n) is 12.7. The highest BCUT2D eigenvalue weighted by Crippen LogP contribution is 2.27. The standard InChI is InChI=1S/C17H18ClNO3/c1-11-10-13(18)8-9-14(11)19-17(20)12(2)22-16-7-5-4-6-15(16)21-3/h4-10,12H,1-3H3,(H,19,20). The monoisotopic (exact) mass is 319 g/mol. The molecule has 4 nitrogen and oxygen atoms in total. The number of methoxy groups -OCH3 is 1. The van der Waals surface area contributed by atoms with Gasteiger partial charge in [-0.1, -0.05) is 23.7 Å². The summed E-state index contributed by atoms with van der Waals surface area (Å²) in [6.07, 6.45) is -0.661. The second kappa shape index (κ2) is 7.18. The Bertz CT molecular complexity index is 673. The smallest absolute Gasteiger partial charge is 0.265 e. The molecule has 0 radical (unpaired) electrons. The summed E-state index contributed by atoms with van der Waals surface area (Å²) in [5, 5.41) is 3.46. The van der Waals surface area contributed by atoms with E-state index in [1.54, 1.807) is 44.4 Å². The summed E-state index contributed by atoms with van der Waals surface area (Å²) in [6, 6.07) is 12.5. The van der Waals surface area contributed by atoms with Crippen molar-refractivity contribution in [3.05, 3.63) is 53.1 Å². The number of benzene rings is 2. The van der Waals surface area contributed by atoms with Gasteiger partial charge in [0, 0.05) is 10.7 Å². The van der Waals surface area contributed by atoms with E-state index in [4.69, 9.17) is 21.1 Å². The molecule has 0 aliphatic rings. The number of nitrogens with one attached hydrogen (secondary N) is 1. The molecular formula is C17H18ClNO3. The van der Waals surface area contributed by atoms with Gasteiger partial charge in [0.05, 0.1) is 7.11 Å². The third-order valence-electron chi connectivity index (χ3n) is 3.19. The highest BCUT2D eigenvalue weighted by Gasteiger charge is 2.17. The molecule has 1 N–H and O–H groups in total. The van der Waals surface area contributed by atoms with Crippen LogP contribution in [0.2, 0.25) is 5.02 Å². The van der Waals surface area contributed by atoms with Crippen molar-refractivity contribution in [2.75, 3.05) is 12.4 Å². The molecule has 0 aromatic heterocycles. The van der Waals surface area contributed by atoms with E-state index in [0.29, 0.717) is 22.2 Å². The number of ether oxygens (including phenoxy) is 2. The van der Waals surface area contributed by atoms with E-state index < -0.39 is 6.10 Å². The minimum absolute atomic E-state index is 0.240. The van der Waals surface area contributed by atoms with Crippen LogP contribution in [0.15, 0.2) is 42.5 Å². The van der Waals surface area contributed by atoms with E-state index in [2.05, 4.69) is 5.32 Å². The number of para-hydroxylation sites is 2. The number of hydrogen-bond donors (Lipinski definition) is 1. The van der Waals surface area contributed by atoms with E-state index in [1.807, 2.05) is 19.1 Å². The number of amides is 1. The highest BCUT2D eigenvalue weighted by molar-refractivity contribution is 6.30. The highest BCUT2D eigenvalue weighted by atomic mass is 35.5. The summed E-state index contributed by atoms with van der Waals surface area (Å²) in [6.45, 7) is 3.57. The van der Waals surface area contributed by atoms with Crippen LogP contribution in [0.4, 0.5) is 5.69 Å². The third kappa shape index (κ3) is 3.92. The number of hydrogen-bond acceptors (Lipinski definition) is 3. The van der Waals surface area contributed by atoms with Gasteiger partial charge in [0.2, 0.25) is 0 Å². The summed E-state index contributed by atoms with van der Waals surface area (Å²) < 4.78 is 10.9. The lowest BCUT2D eigenvalue weighted by Gasteiger charge is -2.17. The predicted octanol–water partition coefficient (Wildman–Crippen LogP) is 4.06. The molecule has 0 aliphatic heterocycles. The van der Waals surface area contributed by atoms with Gasteiger partial charge in [-0.15, -0.1) is 0 Å². The maximum Gasteiger partial charge on any atom is 0.265 e. The first-order valence-corrected chi connectivity index (χ1v) is 7.25. The minimum atomic E-state index is -0.661. The van der Waals surface area contributed by atoms with Crippen molar-refractivity contribution in [2.24, 2.45) is 0 Å². The van der Waals surface area contributed by atoms with Crippen LogP contribution in [0, 0.1) is 6.92 Å². The van der Waals surface area contributed by atoms with Crippen LogP contribution in [0.5, 0.6) is 11.5 Å². The molecule has 116 valence electrons. The molecule has 0 fully saturated rings. The number of rotatable bonds is 5. The van der Waals surface area contributed by atoms with E-state index in [0.717, 1.165) is 5.56 Å². The fraction of sp³-hybridized carbons (Fsp3) is 0.235. The molecule has 1 atom stereocenters. The molecule has 22 heavy (non-hydrogen) atoms. The van der Waals surface area contributed by atoms with Crippen molar-refractivity contribution in [3.63, 3.8) is 0 Å². The first kappa shape index (κ1) is 16.2. The Labute approximate surface area is 135 Å². The molecule has 0 heterocycles. The summed E-state index contributed by atoms with van der Waals surface area (Å²) in [7, 11) is 1.56. The van der Waals surface area contributed by atoms with Crippen molar-refractivity contribution < 1.29 is 14.3 Å². The van der Waals surface area contributed by atoms with Gasteiger partial charge in [0.15, 0.2) is 17.6 Å². The number of halogens is 1. The van der Waals surface area contributed by atoms with Crippen LogP contribution < -0.4 is 14.8 Å². The maximum atomic E-state index is 12.2. The molecule has 2 aromatic carbocycles. The second-order valence-corrected chi connectivity index (χ2v) is 5.30. The van der Waals surface area contributed by atoms with E-state index >= 15 is 0 Å². The summed E-state index contributed by atoms with van der Waals surface area (Å²) >= 11 is 5.91. The zero-order valence-corrected chi connectivity index (χ0v) is 13.5. The summed E-state index contributed by atoms with van der Waals surface area (Å²) in [5.74, 6) is 0.877. The first-order chi connectivity index (χ1) is 10.5. The molecule has 0 aliphatic carbocycles. The fourth-order valence-electron chi connectivity index (χ4n) is 1.96. The lowest BCUT2D eigenvalue weighted by atomic mass is 10.2. The van der Waals surface area contributed by atoms with Gasteiger partial charge in [-0.25, -0.2) is 0 Å². The van der Waals surface area contributed by atoms with E-state index in [1.165, 1.54) is 0 Å². The third-order valence-corrected chi connectivity index (χ3v) is 3.42. The van der Waals surface area contributed by atoms with Crippen LogP contribution >= 0.6 is 11.6 Å². The van der Waals surface area contributed by atoms with Gasteiger partial charge in [-0.3, -0.25) is 4.79 Å². The number of aryl methyl sites for hydroxylation is 1. The van der Waals surface area contributed by atoms with E-state index in [-0.39, 0.29) is 5.91 Å². The van der Waals surface area contributed by atoms with Gasteiger partial charge in [-0.05, 0) is 49.7 Å². The van der Waals surface area contributed by atoms with Crippen molar-refractivity contribution in [1.82, 2.24) is 0 Å². The Morgan fingerprint density at radius 1 is 1.18 bits per heavy atom.